The second-order valence-corrected chi connectivity index (χ2v) is 7.41. The summed E-state index contributed by atoms with van der Waals surface area (Å²) in [5, 5.41) is 13.7. The summed E-state index contributed by atoms with van der Waals surface area (Å²) < 4.78 is 5.09. The number of nitrogens with one attached hydrogen (secondary N) is 2. The highest BCUT2D eigenvalue weighted by molar-refractivity contribution is 8.15. The number of amidine groups is 1. The van der Waals surface area contributed by atoms with Gasteiger partial charge in [0, 0.05) is 17.1 Å². The Morgan fingerprint density at radius 1 is 1.25 bits per heavy atom. The van der Waals surface area contributed by atoms with Gasteiger partial charge >= 0.3 is 0 Å². The highest BCUT2D eigenvalue weighted by atomic mass is 35.5. The van der Waals surface area contributed by atoms with Gasteiger partial charge in [-0.15, -0.1) is 5.10 Å². The van der Waals surface area contributed by atoms with E-state index < -0.39 is 5.25 Å². The van der Waals surface area contributed by atoms with E-state index in [9.17, 15) is 9.59 Å². The van der Waals surface area contributed by atoms with Crippen molar-refractivity contribution in [2.24, 2.45) is 10.2 Å². The Morgan fingerprint density at radius 2 is 1.96 bits per heavy atom. The van der Waals surface area contributed by atoms with Crippen LogP contribution in [-0.2, 0) is 9.59 Å². The molecule has 1 heterocycles. The molecule has 144 valence electrons. The van der Waals surface area contributed by atoms with Crippen molar-refractivity contribution < 1.29 is 14.3 Å². The first kappa shape index (κ1) is 19.9. The summed E-state index contributed by atoms with van der Waals surface area (Å²) in [6.07, 6.45) is 1.60. The number of hydrogen-bond acceptors (Lipinski definition) is 6. The molecule has 0 aliphatic carbocycles. The SMILES string of the molecule is COc1ccc(C=NN=C2NC(=O)C(CC(=O)Nc3ccc(Cl)cc3)S2)cc1. The zero-order valence-electron chi connectivity index (χ0n) is 14.9. The molecule has 0 saturated carbocycles. The van der Waals surface area contributed by atoms with Gasteiger partial charge in [-0.05, 0) is 54.1 Å². The summed E-state index contributed by atoms with van der Waals surface area (Å²) in [5.74, 6) is 0.217. The molecule has 3 rings (SSSR count). The second-order valence-electron chi connectivity index (χ2n) is 5.78. The average Bonchev–Trinajstić information content (AvgIpc) is 3.03. The van der Waals surface area contributed by atoms with Gasteiger partial charge in [-0.1, -0.05) is 23.4 Å². The maximum absolute atomic E-state index is 12.1. The maximum atomic E-state index is 12.1. The highest BCUT2D eigenvalue weighted by Gasteiger charge is 2.32. The van der Waals surface area contributed by atoms with Crippen molar-refractivity contribution in [1.29, 1.82) is 0 Å². The van der Waals surface area contributed by atoms with Gasteiger partial charge in [-0.25, -0.2) is 0 Å². The van der Waals surface area contributed by atoms with Crippen LogP contribution in [0.15, 0.2) is 58.7 Å². The van der Waals surface area contributed by atoms with Gasteiger partial charge in [0.1, 0.15) is 11.0 Å². The largest absolute Gasteiger partial charge is 0.497 e. The van der Waals surface area contributed by atoms with Crippen LogP contribution in [0, 0.1) is 0 Å². The van der Waals surface area contributed by atoms with Crippen LogP contribution in [0.4, 0.5) is 5.69 Å². The predicted octanol–water partition coefficient (Wildman–Crippen LogP) is 3.30. The van der Waals surface area contributed by atoms with Crippen molar-refractivity contribution in [2.75, 3.05) is 12.4 Å². The van der Waals surface area contributed by atoms with Crippen molar-refractivity contribution in [3.63, 3.8) is 0 Å². The standard InChI is InChI=1S/C19H17ClN4O3S/c1-27-15-8-2-12(3-9-15)11-21-24-19-23-18(26)16(28-19)10-17(25)22-14-6-4-13(20)5-7-14/h2-9,11,16H,10H2,1H3,(H,22,25)(H,23,24,26). The molecule has 7 nitrogen and oxygen atoms in total. The summed E-state index contributed by atoms with van der Waals surface area (Å²) >= 11 is 6.99. The molecule has 1 aliphatic rings. The predicted molar refractivity (Wildman–Crippen MR) is 112 cm³/mol. The minimum absolute atomic E-state index is 0.0281. The molecule has 0 spiro atoms. The lowest BCUT2D eigenvalue weighted by Crippen LogP contribution is -2.28. The van der Waals surface area contributed by atoms with Crippen LogP contribution in [0.2, 0.25) is 5.02 Å². The van der Waals surface area contributed by atoms with E-state index in [0.717, 1.165) is 11.3 Å². The number of halogens is 1. The van der Waals surface area contributed by atoms with Gasteiger partial charge in [0.2, 0.25) is 11.8 Å². The first-order valence-electron chi connectivity index (χ1n) is 8.31. The van der Waals surface area contributed by atoms with Gasteiger partial charge in [0.15, 0.2) is 5.17 Å². The number of methoxy groups -OCH3 is 1. The lowest BCUT2D eigenvalue weighted by molar-refractivity contribution is -0.122. The van der Waals surface area contributed by atoms with Gasteiger partial charge in [0.25, 0.3) is 0 Å². The van der Waals surface area contributed by atoms with Gasteiger partial charge in [-0.2, -0.15) is 5.10 Å². The molecule has 1 unspecified atom stereocenters. The third-order valence-corrected chi connectivity index (χ3v) is 5.07. The molecule has 1 atom stereocenters. The Morgan fingerprint density at radius 3 is 2.64 bits per heavy atom. The minimum atomic E-state index is -0.553. The number of carbonyl (C=O) groups excluding carboxylic acids is 2. The molecule has 9 heteroatoms. The van der Waals surface area contributed by atoms with Crippen LogP contribution in [0.1, 0.15) is 12.0 Å². The molecule has 2 aromatic carbocycles. The molecular weight excluding hydrogens is 400 g/mol. The zero-order valence-corrected chi connectivity index (χ0v) is 16.5. The molecule has 0 bridgehead atoms. The molecule has 28 heavy (non-hydrogen) atoms. The van der Waals surface area contributed by atoms with E-state index in [0.29, 0.717) is 15.9 Å². The quantitative estimate of drug-likeness (QED) is 0.558. The fraction of sp³-hybridized carbons (Fsp3) is 0.158. The lowest BCUT2D eigenvalue weighted by atomic mass is 10.2. The molecule has 0 aromatic heterocycles. The maximum Gasteiger partial charge on any atom is 0.240 e. The van der Waals surface area contributed by atoms with Crippen LogP contribution >= 0.6 is 23.4 Å². The van der Waals surface area contributed by atoms with E-state index in [1.807, 2.05) is 24.3 Å². The highest BCUT2D eigenvalue weighted by Crippen LogP contribution is 2.23. The van der Waals surface area contributed by atoms with Crippen molar-refractivity contribution in [2.45, 2.75) is 11.7 Å². The van der Waals surface area contributed by atoms with Crippen molar-refractivity contribution in [1.82, 2.24) is 5.32 Å². The molecule has 2 amide bonds. The molecule has 0 radical (unpaired) electrons. The fourth-order valence-electron chi connectivity index (χ4n) is 2.34. The van der Waals surface area contributed by atoms with Crippen LogP contribution in [-0.4, -0.2) is 35.6 Å². The Kier molecular flexibility index (Phi) is 6.67. The average molecular weight is 417 g/mol. The van der Waals surface area contributed by atoms with E-state index >= 15 is 0 Å². The third-order valence-electron chi connectivity index (χ3n) is 3.75. The molecule has 1 fully saturated rings. The van der Waals surface area contributed by atoms with E-state index in [-0.39, 0.29) is 18.2 Å². The van der Waals surface area contributed by atoms with Crippen LogP contribution < -0.4 is 15.4 Å². The first-order chi connectivity index (χ1) is 13.5. The number of benzene rings is 2. The minimum Gasteiger partial charge on any atom is -0.497 e. The fourth-order valence-corrected chi connectivity index (χ4v) is 3.39. The summed E-state index contributed by atoms with van der Waals surface area (Å²) in [4.78, 5) is 24.2. The molecule has 1 saturated heterocycles. The van der Waals surface area contributed by atoms with Gasteiger partial charge < -0.3 is 15.4 Å². The number of ether oxygens (including phenoxy) is 1. The Bertz CT molecular complexity index is 914. The number of thioether (sulfide) groups is 1. The van der Waals surface area contributed by atoms with E-state index in [1.54, 1.807) is 37.6 Å². The number of hydrogen-bond donors (Lipinski definition) is 2. The van der Waals surface area contributed by atoms with Crippen molar-refractivity contribution in [3.05, 3.63) is 59.1 Å². The Hall–Kier alpha value is -2.84. The van der Waals surface area contributed by atoms with Crippen LogP contribution in [0.5, 0.6) is 5.75 Å². The molecular formula is C19H17ClN4O3S. The number of carbonyl (C=O) groups is 2. The normalized spacial score (nSPS) is 17.7. The third kappa shape index (κ3) is 5.58. The second kappa shape index (κ2) is 9.38. The first-order valence-corrected chi connectivity index (χ1v) is 9.57. The number of amides is 2. The van der Waals surface area contributed by atoms with Gasteiger partial charge in [0.05, 0.1) is 13.3 Å². The van der Waals surface area contributed by atoms with Gasteiger partial charge in [-0.3, -0.25) is 9.59 Å². The molecule has 2 aromatic rings. The monoisotopic (exact) mass is 416 g/mol. The van der Waals surface area contributed by atoms with Crippen LogP contribution in [0.25, 0.3) is 0 Å². The van der Waals surface area contributed by atoms with E-state index in [4.69, 9.17) is 16.3 Å². The van der Waals surface area contributed by atoms with Crippen molar-refractivity contribution >= 4 is 52.2 Å². The lowest BCUT2D eigenvalue weighted by Gasteiger charge is -2.07. The molecule has 2 N–H and O–H groups in total. The smallest absolute Gasteiger partial charge is 0.240 e. The van der Waals surface area contributed by atoms with E-state index in [2.05, 4.69) is 20.8 Å². The number of rotatable bonds is 6. The van der Waals surface area contributed by atoms with Crippen molar-refractivity contribution in [3.8, 4) is 5.75 Å². The number of nitrogens with zero attached hydrogens (tertiary/aromatic N) is 2. The summed E-state index contributed by atoms with van der Waals surface area (Å²) in [6, 6.07) is 14.1. The van der Waals surface area contributed by atoms with E-state index in [1.165, 1.54) is 11.8 Å². The topological polar surface area (TPSA) is 92.2 Å². The summed E-state index contributed by atoms with van der Waals surface area (Å²) in [6.45, 7) is 0. The Labute approximate surface area is 171 Å². The summed E-state index contributed by atoms with van der Waals surface area (Å²) in [7, 11) is 1.60. The van der Waals surface area contributed by atoms with Crippen LogP contribution in [0.3, 0.4) is 0 Å². The summed E-state index contributed by atoms with van der Waals surface area (Å²) in [5.41, 5.74) is 1.47. The zero-order chi connectivity index (χ0) is 19.9. The Balaban J connectivity index is 1.53. The molecule has 1 aliphatic heterocycles. The number of anilines is 1.